The van der Waals surface area contributed by atoms with E-state index in [2.05, 4.69) is 5.32 Å². The first-order valence-electron chi connectivity index (χ1n) is 9.90. The summed E-state index contributed by atoms with van der Waals surface area (Å²) in [4.78, 5) is 36.6. The van der Waals surface area contributed by atoms with Gasteiger partial charge in [0.15, 0.2) is 0 Å². The highest BCUT2D eigenvalue weighted by molar-refractivity contribution is 7.99. The van der Waals surface area contributed by atoms with Crippen LogP contribution < -0.4 is 5.32 Å². The van der Waals surface area contributed by atoms with Crippen molar-refractivity contribution in [1.29, 1.82) is 0 Å². The fraction of sp³-hybridized carbons (Fsp3) is 0.833. The maximum absolute atomic E-state index is 12.5. The molecule has 2 amide bonds. The molecule has 11 nitrogen and oxygen atoms in total. The molecule has 0 radical (unpaired) electrons. The number of aliphatic hydroxyl groups is 4. The van der Waals surface area contributed by atoms with Crippen LogP contribution in [0.1, 0.15) is 32.6 Å². The zero-order chi connectivity index (χ0) is 22.4. The molecule has 0 aliphatic carbocycles. The number of aliphatic carboxylic acids is 1. The van der Waals surface area contributed by atoms with Gasteiger partial charge in [-0.15, -0.1) is 11.8 Å². The van der Waals surface area contributed by atoms with Gasteiger partial charge < -0.3 is 40.5 Å². The Labute approximate surface area is 178 Å². The van der Waals surface area contributed by atoms with E-state index in [1.165, 1.54) is 16.7 Å². The minimum absolute atomic E-state index is 0.0120. The topological polar surface area (TPSA) is 177 Å². The third kappa shape index (κ3) is 6.53. The van der Waals surface area contributed by atoms with E-state index in [0.717, 1.165) is 0 Å². The lowest BCUT2D eigenvalue weighted by atomic mass is 10.0. The number of β-amino-alcohol motifs (C(OH)–C–C–N with tert-alkyl or cyclic N) is 1. The molecule has 30 heavy (non-hydrogen) atoms. The van der Waals surface area contributed by atoms with Gasteiger partial charge >= 0.3 is 5.97 Å². The highest BCUT2D eigenvalue weighted by Gasteiger charge is 2.42. The van der Waals surface area contributed by atoms with Gasteiger partial charge in [0.2, 0.25) is 11.8 Å². The standard InChI is InChI=1S/C18H30N2O9S/c1-9-14(25)15(26)16(27)18(29-9)30-6-5-19-17(28)11-7-10(21)8-20(11)12(22)3-2-4-13(23)24/h9-11,14-16,18,21,25-27H,2-8H2,1H3,(H,19,28)(H,23,24)/t9-,10+,11-,14+,15+,16-,18-/m0/s1. The molecule has 0 bridgehead atoms. The number of thioether (sulfide) groups is 1. The van der Waals surface area contributed by atoms with Gasteiger partial charge in [-0.3, -0.25) is 14.4 Å². The quantitative estimate of drug-likeness (QED) is 0.213. The summed E-state index contributed by atoms with van der Waals surface area (Å²) in [6.45, 7) is 1.82. The molecule has 2 rings (SSSR count). The average molecular weight is 451 g/mol. The number of nitrogens with one attached hydrogen (secondary N) is 1. The Morgan fingerprint density at radius 1 is 1.10 bits per heavy atom. The molecule has 12 heteroatoms. The first-order chi connectivity index (χ1) is 14.1. The Morgan fingerprint density at radius 2 is 1.80 bits per heavy atom. The monoisotopic (exact) mass is 450 g/mol. The minimum Gasteiger partial charge on any atom is -0.481 e. The highest BCUT2D eigenvalue weighted by atomic mass is 32.2. The number of hydrogen-bond donors (Lipinski definition) is 6. The maximum Gasteiger partial charge on any atom is 0.303 e. The van der Waals surface area contributed by atoms with Crippen molar-refractivity contribution in [2.24, 2.45) is 0 Å². The van der Waals surface area contributed by atoms with E-state index >= 15 is 0 Å². The number of carbonyl (C=O) groups excluding carboxylic acids is 2. The Bertz CT molecular complexity index is 622. The van der Waals surface area contributed by atoms with Gasteiger partial charge in [-0.1, -0.05) is 0 Å². The molecular formula is C18H30N2O9S. The van der Waals surface area contributed by atoms with Crippen LogP contribution in [0.5, 0.6) is 0 Å². The number of amides is 2. The first-order valence-corrected chi connectivity index (χ1v) is 10.9. The van der Waals surface area contributed by atoms with Crippen LogP contribution in [0.15, 0.2) is 0 Å². The summed E-state index contributed by atoms with van der Waals surface area (Å²) in [5.74, 6) is -1.44. The molecular weight excluding hydrogens is 420 g/mol. The largest absolute Gasteiger partial charge is 0.481 e. The normalized spacial score (nSPS) is 34.0. The van der Waals surface area contributed by atoms with Gasteiger partial charge in [-0.05, 0) is 13.3 Å². The van der Waals surface area contributed by atoms with E-state index in [0.29, 0.717) is 5.75 Å². The lowest BCUT2D eigenvalue weighted by Crippen LogP contribution is -2.55. The smallest absolute Gasteiger partial charge is 0.303 e. The zero-order valence-electron chi connectivity index (χ0n) is 16.7. The molecule has 0 spiro atoms. The van der Waals surface area contributed by atoms with E-state index in [1.54, 1.807) is 6.92 Å². The van der Waals surface area contributed by atoms with Crippen LogP contribution in [-0.4, -0.2) is 109 Å². The summed E-state index contributed by atoms with van der Waals surface area (Å²) >= 11 is 1.18. The molecule has 0 aromatic carbocycles. The number of carbonyl (C=O) groups is 3. The number of ether oxygens (including phenoxy) is 1. The zero-order valence-corrected chi connectivity index (χ0v) is 17.5. The van der Waals surface area contributed by atoms with Crippen LogP contribution in [0.4, 0.5) is 0 Å². The second kappa shape index (κ2) is 11.3. The van der Waals surface area contributed by atoms with Crippen LogP contribution in [-0.2, 0) is 19.1 Å². The lowest BCUT2D eigenvalue weighted by molar-refractivity contribution is -0.192. The van der Waals surface area contributed by atoms with Crippen LogP contribution in [0.3, 0.4) is 0 Å². The van der Waals surface area contributed by atoms with Crippen LogP contribution >= 0.6 is 11.8 Å². The first kappa shape index (κ1) is 24.8. The molecule has 2 aliphatic heterocycles. The predicted molar refractivity (Wildman–Crippen MR) is 105 cm³/mol. The number of aliphatic hydroxyl groups excluding tert-OH is 4. The average Bonchev–Trinajstić information content (AvgIpc) is 3.08. The Kier molecular flexibility index (Phi) is 9.31. The predicted octanol–water partition coefficient (Wildman–Crippen LogP) is -2.12. The molecule has 6 N–H and O–H groups in total. The second-order valence-electron chi connectivity index (χ2n) is 7.54. The van der Waals surface area contributed by atoms with Crippen LogP contribution in [0.25, 0.3) is 0 Å². The fourth-order valence-electron chi connectivity index (χ4n) is 3.49. The molecule has 172 valence electrons. The van der Waals surface area contributed by atoms with E-state index < -0.39 is 53.9 Å². The summed E-state index contributed by atoms with van der Waals surface area (Å²) in [6.07, 6.45) is -5.11. The number of likely N-dealkylation sites (tertiary alicyclic amines) is 1. The van der Waals surface area contributed by atoms with E-state index in [4.69, 9.17) is 9.84 Å². The summed E-state index contributed by atoms with van der Waals surface area (Å²) in [5.41, 5.74) is -0.754. The van der Waals surface area contributed by atoms with E-state index in [9.17, 15) is 34.8 Å². The van der Waals surface area contributed by atoms with Gasteiger partial charge in [-0.2, -0.15) is 0 Å². The SMILES string of the molecule is C[C@@H]1O[C@@H](SCCNC(=O)[C@@H]2C[C@@H](O)CN2C(=O)CCCC(=O)O)[C@@H](O)[C@H](O)[C@@H]1O. The van der Waals surface area contributed by atoms with E-state index in [-0.39, 0.29) is 44.7 Å². The number of hydrogen-bond acceptors (Lipinski definition) is 9. The van der Waals surface area contributed by atoms with Crippen molar-refractivity contribution in [2.45, 2.75) is 74.6 Å². The molecule has 2 saturated heterocycles. The fourth-order valence-corrected chi connectivity index (χ4v) is 4.55. The van der Waals surface area contributed by atoms with Crippen molar-refractivity contribution in [2.75, 3.05) is 18.8 Å². The minimum atomic E-state index is -1.32. The molecule has 0 unspecified atom stereocenters. The Balaban J connectivity index is 1.77. The molecule has 2 fully saturated rings. The van der Waals surface area contributed by atoms with Crippen LogP contribution in [0.2, 0.25) is 0 Å². The Morgan fingerprint density at radius 3 is 2.47 bits per heavy atom. The van der Waals surface area contributed by atoms with Crippen molar-refractivity contribution < 1.29 is 44.7 Å². The summed E-state index contributed by atoms with van der Waals surface area (Å²) in [7, 11) is 0. The summed E-state index contributed by atoms with van der Waals surface area (Å²) < 4.78 is 5.47. The van der Waals surface area contributed by atoms with Crippen molar-refractivity contribution in [3.8, 4) is 0 Å². The van der Waals surface area contributed by atoms with Gasteiger partial charge in [0.25, 0.3) is 0 Å². The summed E-state index contributed by atoms with van der Waals surface area (Å²) in [6, 6.07) is -0.823. The molecule has 0 saturated carbocycles. The maximum atomic E-state index is 12.5. The molecule has 0 aromatic heterocycles. The van der Waals surface area contributed by atoms with Gasteiger partial charge in [0.1, 0.15) is 29.8 Å². The van der Waals surface area contributed by atoms with Crippen molar-refractivity contribution in [3.05, 3.63) is 0 Å². The third-order valence-electron chi connectivity index (χ3n) is 5.18. The van der Waals surface area contributed by atoms with E-state index in [1.807, 2.05) is 0 Å². The van der Waals surface area contributed by atoms with Crippen LogP contribution in [0, 0.1) is 0 Å². The second-order valence-corrected chi connectivity index (χ2v) is 8.75. The van der Waals surface area contributed by atoms with Gasteiger partial charge in [0.05, 0.1) is 12.2 Å². The molecule has 0 aromatic rings. The van der Waals surface area contributed by atoms with Gasteiger partial charge in [0, 0.05) is 38.1 Å². The number of rotatable bonds is 9. The third-order valence-corrected chi connectivity index (χ3v) is 6.33. The summed E-state index contributed by atoms with van der Waals surface area (Å²) in [5, 5.41) is 50.7. The molecule has 2 heterocycles. The van der Waals surface area contributed by atoms with Gasteiger partial charge in [-0.25, -0.2) is 0 Å². The van der Waals surface area contributed by atoms with Crippen molar-refractivity contribution >= 4 is 29.5 Å². The molecule has 7 atom stereocenters. The number of nitrogens with zero attached hydrogens (tertiary/aromatic N) is 1. The van der Waals surface area contributed by atoms with Crippen molar-refractivity contribution in [3.63, 3.8) is 0 Å². The Hall–Kier alpha value is -1.44. The molecule has 2 aliphatic rings. The number of carboxylic acid groups (broad SMARTS) is 1. The highest BCUT2D eigenvalue weighted by Crippen LogP contribution is 2.28. The van der Waals surface area contributed by atoms with Crippen molar-refractivity contribution in [1.82, 2.24) is 10.2 Å². The number of carboxylic acids is 1. The lowest BCUT2D eigenvalue weighted by Gasteiger charge is -2.39.